The van der Waals surface area contributed by atoms with Gasteiger partial charge in [-0.1, -0.05) is 6.42 Å². The molecule has 2 atom stereocenters. The van der Waals surface area contributed by atoms with E-state index in [1.165, 1.54) is 4.31 Å². The maximum absolute atomic E-state index is 12.8. The molecule has 118 valence electrons. The predicted octanol–water partition coefficient (Wildman–Crippen LogP) is 0.104. The number of nitrogens with zero attached hydrogens (tertiary/aromatic N) is 3. The average molecular weight is 305 g/mol. The Hall–Kier alpha value is -0.210. The number of hydrogen-bond donors (Lipinski definition) is 1. The van der Waals surface area contributed by atoms with Crippen molar-refractivity contribution in [1.29, 1.82) is 0 Å². The molecule has 20 heavy (non-hydrogen) atoms. The Bertz CT molecular complexity index is 413. The second-order valence-electron chi connectivity index (χ2n) is 6.07. The van der Waals surface area contributed by atoms with Crippen LogP contribution in [0, 0.1) is 0 Å². The molecule has 0 spiro atoms. The van der Waals surface area contributed by atoms with Crippen molar-refractivity contribution >= 4 is 10.2 Å². The van der Waals surface area contributed by atoms with Crippen LogP contribution in [-0.4, -0.2) is 79.5 Å². The molecule has 0 bridgehead atoms. The van der Waals surface area contributed by atoms with Gasteiger partial charge >= 0.3 is 0 Å². The minimum Gasteiger partial charge on any atom is -0.395 e. The molecule has 0 saturated carbocycles. The van der Waals surface area contributed by atoms with Crippen LogP contribution < -0.4 is 0 Å². The van der Waals surface area contributed by atoms with E-state index in [2.05, 4.69) is 4.90 Å². The number of piperidine rings is 2. The molecule has 2 saturated heterocycles. The molecule has 0 aromatic heterocycles. The summed E-state index contributed by atoms with van der Waals surface area (Å²) in [5.41, 5.74) is 0. The molecule has 0 aliphatic carbocycles. The maximum Gasteiger partial charge on any atom is 0.282 e. The number of aliphatic hydroxyl groups excluding tert-OH is 1. The molecule has 0 amide bonds. The molecule has 0 aromatic rings. The highest BCUT2D eigenvalue weighted by Gasteiger charge is 2.38. The molecular weight excluding hydrogens is 278 g/mol. The van der Waals surface area contributed by atoms with E-state index in [-0.39, 0.29) is 18.7 Å². The van der Waals surface area contributed by atoms with Gasteiger partial charge in [0.05, 0.1) is 6.61 Å². The number of rotatable bonds is 4. The van der Waals surface area contributed by atoms with E-state index in [0.29, 0.717) is 19.6 Å². The molecule has 6 nitrogen and oxygen atoms in total. The van der Waals surface area contributed by atoms with Crippen molar-refractivity contribution in [2.45, 2.75) is 44.2 Å². The third kappa shape index (κ3) is 3.33. The lowest BCUT2D eigenvalue weighted by Gasteiger charge is -2.41. The summed E-state index contributed by atoms with van der Waals surface area (Å²) in [7, 11) is 0.564. The summed E-state index contributed by atoms with van der Waals surface area (Å²) in [4.78, 5) is 2.10. The second-order valence-corrected chi connectivity index (χ2v) is 7.95. The van der Waals surface area contributed by atoms with Crippen LogP contribution in [-0.2, 0) is 10.2 Å². The summed E-state index contributed by atoms with van der Waals surface area (Å²) >= 11 is 0. The van der Waals surface area contributed by atoms with Gasteiger partial charge in [-0.25, -0.2) is 0 Å². The van der Waals surface area contributed by atoms with Crippen LogP contribution in [0.1, 0.15) is 32.1 Å². The molecule has 0 radical (unpaired) electrons. The number of hydrogen-bond acceptors (Lipinski definition) is 4. The molecule has 2 aliphatic heterocycles. The molecule has 0 aromatic carbocycles. The van der Waals surface area contributed by atoms with Crippen LogP contribution in [0.5, 0.6) is 0 Å². The van der Waals surface area contributed by atoms with Gasteiger partial charge in [-0.15, -0.1) is 0 Å². The van der Waals surface area contributed by atoms with Crippen LogP contribution in [0.3, 0.4) is 0 Å². The molecule has 7 heteroatoms. The first-order chi connectivity index (χ1) is 9.46. The van der Waals surface area contributed by atoms with Crippen molar-refractivity contribution in [2.75, 3.05) is 40.3 Å². The van der Waals surface area contributed by atoms with E-state index in [9.17, 15) is 13.5 Å². The van der Waals surface area contributed by atoms with Crippen molar-refractivity contribution < 1.29 is 13.5 Å². The average Bonchev–Trinajstić information content (AvgIpc) is 2.47. The zero-order valence-electron chi connectivity index (χ0n) is 12.5. The molecule has 2 rings (SSSR count). The van der Waals surface area contributed by atoms with Gasteiger partial charge in [0.1, 0.15) is 0 Å². The Morgan fingerprint density at radius 2 is 1.90 bits per heavy atom. The Morgan fingerprint density at radius 1 is 1.15 bits per heavy atom. The van der Waals surface area contributed by atoms with Gasteiger partial charge in [0.15, 0.2) is 0 Å². The lowest BCUT2D eigenvalue weighted by atomic mass is 10.1. The van der Waals surface area contributed by atoms with E-state index in [4.69, 9.17) is 0 Å². The normalized spacial score (nSPS) is 30.8. The van der Waals surface area contributed by atoms with Crippen LogP contribution in [0.25, 0.3) is 0 Å². The topological polar surface area (TPSA) is 64.1 Å². The fourth-order valence-corrected chi connectivity index (χ4v) is 5.09. The third-order valence-corrected chi connectivity index (χ3v) is 6.55. The monoisotopic (exact) mass is 305 g/mol. The Balaban J connectivity index is 2.12. The quantitative estimate of drug-likeness (QED) is 0.800. The third-order valence-electron chi connectivity index (χ3n) is 4.50. The largest absolute Gasteiger partial charge is 0.395 e. The first kappa shape index (κ1) is 16.2. The lowest BCUT2D eigenvalue weighted by Crippen LogP contribution is -2.56. The van der Waals surface area contributed by atoms with Crippen molar-refractivity contribution in [3.63, 3.8) is 0 Å². The molecule has 1 N–H and O–H groups in total. The van der Waals surface area contributed by atoms with Gasteiger partial charge in [-0.2, -0.15) is 17.0 Å². The maximum atomic E-state index is 12.8. The number of aliphatic hydroxyl groups is 1. The van der Waals surface area contributed by atoms with E-state index >= 15 is 0 Å². The second kappa shape index (κ2) is 6.70. The summed E-state index contributed by atoms with van der Waals surface area (Å²) in [5.74, 6) is 0. The van der Waals surface area contributed by atoms with Crippen LogP contribution in [0.4, 0.5) is 0 Å². The number of likely N-dealkylation sites (N-methyl/N-ethyl adjacent to an activating group) is 1. The molecule has 2 heterocycles. The fourth-order valence-electron chi connectivity index (χ4n) is 3.16. The van der Waals surface area contributed by atoms with Crippen LogP contribution in [0.2, 0.25) is 0 Å². The van der Waals surface area contributed by atoms with Crippen molar-refractivity contribution in [2.24, 2.45) is 0 Å². The van der Waals surface area contributed by atoms with Gasteiger partial charge in [-0.3, -0.25) is 0 Å². The summed E-state index contributed by atoms with van der Waals surface area (Å²) in [5, 5.41) is 9.43. The highest BCUT2D eigenvalue weighted by atomic mass is 32.2. The lowest BCUT2D eigenvalue weighted by molar-refractivity contribution is 0.136. The van der Waals surface area contributed by atoms with Gasteiger partial charge in [0.25, 0.3) is 10.2 Å². The Morgan fingerprint density at radius 3 is 2.55 bits per heavy atom. The summed E-state index contributed by atoms with van der Waals surface area (Å²) in [6.07, 6.45) is 4.60. The van der Waals surface area contributed by atoms with Crippen molar-refractivity contribution in [1.82, 2.24) is 13.5 Å². The van der Waals surface area contributed by atoms with Crippen molar-refractivity contribution in [3.05, 3.63) is 0 Å². The summed E-state index contributed by atoms with van der Waals surface area (Å²) in [6, 6.07) is 0.0457. The first-order valence-corrected chi connectivity index (χ1v) is 8.90. The zero-order valence-corrected chi connectivity index (χ0v) is 13.3. The Labute approximate surface area is 122 Å². The first-order valence-electron chi connectivity index (χ1n) is 7.51. The smallest absolute Gasteiger partial charge is 0.282 e. The van der Waals surface area contributed by atoms with Gasteiger partial charge in [0, 0.05) is 31.7 Å². The minimum absolute atomic E-state index is 0.0792. The standard InChI is InChI=1S/C13H27N3O3S/c1-14(2)12-7-5-8-15(10-12)20(18,19)16-9-4-3-6-13(16)11-17/h12-13,17H,3-11H2,1-2H3. The van der Waals surface area contributed by atoms with E-state index < -0.39 is 10.2 Å². The summed E-state index contributed by atoms with van der Waals surface area (Å²) in [6.45, 7) is 1.62. The van der Waals surface area contributed by atoms with Gasteiger partial charge < -0.3 is 10.0 Å². The molecule has 2 unspecified atom stereocenters. The van der Waals surface area contributed by atoms with Crippen molar-refractivity contribution in [3.8, 4) is 0 Å². The SMILES string of the molecule is CN(C)C1CCCN(S(=O)(=O)N2CCCCC2CO)C1. The van der Waals surface area contributed by atoms with E-state index in [1.54, 1.807) is 4.31 Å². The zero-order chi connectivity index (χ0) is 14.8. The summed E-state index contributed by atoms with van der Waals surface area (Å²) < 4.78 is 28.7. The van der Waals surface area contributed by atoms with E-state index in [0.717, 1.165) is 32.1 Å². The molecular formula is C13H27N3O3S. The molecule has 2 aliphatic rings. The highest BCUT2D eigenvalue weighted by Crippen LogP contribution is 2.25. The predicted molar refractivity (Wildman–Crippen MR) is 78.6 cm³/mol. The minimum atomic E-state index is -3.43. The van der Waals surface area contributed by atoms with Crippen LogP contribution in [0.15, 0.2) is 0 Å². The van der Waals surface area contributed by atoms with Gasteiger partial charge in [-0.05, 0) is 39.8 Å². The van der Waals surface area contributed by atoms with Crippen LogP contribution >= 0.6 is 0 Å². The highest BCUT2D eigenvalue weighted by molar-refractivity contribution is 7.86. The van der Waals surface area contributed by atoms with E-state index in [1.807, 2.05) is 14.1 Å². The molecule has 2 fully saturated rings. The van der Waals surface area contributed by atoms with Gasteiger partial charge in [0.2, 0.25) is 0 Å². The fraction of sp³-hybridized carbons (Fsp3) is 1.00. The Kier molecular flexibility index (Phi) is 5.42.